The summed E-state index contributed by atoms with van der Waals surface area (Å²) >= 11 is 9.30. The maximum absolute atomic E-state index is 11.9. The molecule has 0 aliphatic rings. The molecule has 21 heavy (non-hydrogen) atoms. The minimum Gasteiger partial charge on any atom is -0.397 e. The number of hydrogen-bond donors (Lipinski definition) is 2. The number of halogens is 2. The molecular formula is C14H16BrClN4O. The fourth-order valence-electron chi connectivity index (χ4n) is 1.95. The summed E-state index contributed by atoms with van der Waals surface area (Å²) in [5.74, 6) is -0.0969. The predicted octanol–water partition coefficient (Wildman–Crippen LogP) is 3.53. The van der Waals surface area contributed by atoms with E-state index in [0.717, 1.165) is 15.9 Å². The first-order valence-electron chi connectivity index (χ1n) is 6.43. The van der Waals surface area contributed by atoms with Crippen molar-refractivity contribution in [2.45, 2.75) is 26.8 Å². The summed E-state index contributed by atoms with van der Waals surface area (Å²) in [5.41, 5.74) is 8.70. The van der Waals surface area contributed by atoms with Gasteiger partial charge in [0.25, 0.3) is 0 Å². The Hall–Kier alpha value is -1.53. The van der Waals surface area contributed by atoms with Gasteiger partial charge in [0, 0.05) is 17.8 Å². The van der Waals surface area contributed by atoms with E-state index in [4.69, 9.17) is 17.3 Å². The number of nitrogens with two attached hydrogens (primary N) is 1. The Balaban J connectivity index is 1.95. The fraction of sp³-hybridized carbons (Fsp3) is 0.286. The maximum Gasteiger partial charge on any atom is 0.226 e. The number of nitrogens with zero attached hydrogens (tertiary/aromatic N) is 2. The highest BCUT2D eigenvalue weighted by Gasteiger charge is 2.10. The molecule has 0 atom stereocenters. The molecule has 2 aromatic rings. The molecule has 0 radical (unpaired) electrons. The van der Waals surface area contributed by atoms with Gasteiger partial charge in [-0.15, -0.1) is 0 Å². The van der Waals surface area contributed by atoms with Crippen LogP contribution in [0.4, 0.5) is 11.4 Å². The van der Waals surface area contributed by atoms with E-state index >= 15 is 0 Å². The van der Waals surface area contributed by atoms with E-state index in [1.165, 1.54) is 0 Å². The second-order valence-corrected chi connectivity index (χ2v) is 5.94. The lowest BCUT2D eigenvalue weighted by atomic mass is 10.2. The van der Waals surface area contributed by atoms with Crippen LogP contribution >= 0.6 is 27.5 Å². The Kier molecular flexibility index (Phi) is 4.90. The van der Waals surface area contributed by atoms with Crippen LogP contribution in [0.3, 0.4) is 0 Å². The average Bonchev–Trinajstić information content (AvgIpc) is 2.68. The number of amides is 1. The topological polar surface area (TPSA) is 72.9 Å². The summed E-state index contributed by atoms with van der Waals surface area (Å²) in [6.07, 6.45) is 0.330. The molecule has 112 valence electrons. The number of carbonyl (C=O) groups excluding carboxylic acids is 1. The first-order chi connectivity index (χ1) is 9.88. The molecule has 5 nitrogen and oxygen atoms in total. The lowest BCUT2D eigenvalue weighted by molar-refractivity contribution is -0.116. The molecule has 1 amide bonds. The molecule has 1 aromatic heterocycles. The molecule has 0 saturated carbocycles. The zero-order valence-corrected chi connectivity index (χ0v) is 14.1. The van der Waals surface area contributed by atoms with Gasteiger partial charge in [-0.3, -0.25) is 9.48 Å². The summed E-state index contributed by atoms with van der Waals surface area (Å²) in [6.45, 7) is 4.40. The molecule has 0 unspecified atom stereocenters. The van der Waals surface area contributed by atoms with Gasteiger partial charge < -0.3 is 11.1 Å². The van der Waals surface area contributed by atoms with Gasteiger partial charge >= 0.3 is 0 Å². The highest BCUT2D eigenvalue weighted by molar-refractivity contribution is 9.10. The summed E-state index contributed by atoms with van der Waals surface area (Å²) in [5, 5.41) is 7.63. The Bertz CT molecular complexity index is 684. The van der Waals surface area contributed by atoms with Crippen molar-refractivity contribution in [3.63, 3.8) is 0 Å². The highest BCUT2D eigenvalue weighted by Crippen LogP contribution is 2.23. The van der Waals surface area contributed by atoms with Crippen LogP contribution in [0.5, 0.6) is 0 Å². The lowest BCUT2D eigenvalue weighted by Crippen LogP contribution is -2.15. The first-order valence-corrected chi connectivity index (χ1v) is 7.60. The van der Waals surface area contributed by atoms with Gasteiger partial charge in [-0.2, -0.15) is 5.10 Å². The van der Waals surface area contributed by atoms with Crippen LogP contribution in [0.2, 0.25) is 5.02 Å². The SMILES string of the molecule is Cc1nn(CCC(=O)Nc2ccc(Cl)c(N)c2)c(C)c1Br. The number of nitrogens with one attached hydrogen (secondary N) is 1. The van der Waals surface area contributed by atoms with E-state index in [1.54, 1.807) is 18.2 Å². The van der Waals surface area contributed by atoms with E-state index in [-0.39, 0.29) is 5.91 Å². The Morgan fingerprint density at radius 3 is 2.76 bits per heavy atom. The van der Waals surface area contributed by atoms with Crippen LogP contribution in [-0.2, 0) is 11.3 Å². The molecule has 0 aliphatic heterocycles. The third-order valence-corrected chi connectivity index (χ3v) is 4.62. The molecule has 0 aliphatic carbocycles. The third kappa shape index (κ3) is 3.77. The first kappa shape index (κ1) is 15.9. The standard InChI is InChI=1S/C14H16BrClN4O/c1-8-14(15)9(2)20(19-8)6-5-13(21)18-10-3-4-11(16)12(17)7-10/h3-4,7H,5-6,17H2,1-2H3,(H,18,21). The van der Waals surface area contributed by atoms with Crippen molar-refractivity contribution in [2.24, 2.45) is 0 Å². The second-order valence-electron chi connectivity index (χ2n) is 4.74. The summed E-state index contributed by atoms with van der Waals surface area (Å²) in [4.78, 5) is 11.9. The number of benzene rings is 1. The largest absolute Gasteiger partial charge is 0.397 e. The van der Waals surface area contributed by atoms with E-state index in [9.17, 15) is 4.79 Å². The number of carbonyl (C=O) groups is 1. The van der Waals surface area contributed by atoms with Crippen LogP contribution < -0.4 is 11.1 Å². The Morgan fingerprint density at radius 2 is 2.19 bits per heavy atom. The zero-order chi connectivity index (χ0) is 15.6. The van der Waals surface area contributed by atoms with E-state index in [1.807, 2.05) is 18.5 Å². The summed E-state index contributed by atoms with van der Waals surface area (Å²) in [6, 6.07) is 5.02. The molecule has 7 heteroatoms. The van der Waals surface area contributed by atoms with Gasteiger partial charge in [-0.25, -0.2) is 0 Å². The Labute approximate surface area is 136 Å². The predicted molar refractivity (Wildman–Crippen MR) is 88.5 cm³/mol. The number of nitrogen functional groups attached to an aromatic ring is 1. The minimum absolute atomic E-state index is 0.0969. The highest BCUT2D eigenvalue weighted by atomic mass is 79.9. The van der Waals surface area contributed by atoms with Crippen molar-refractivity contribution >= 4 is 44.8 Å². The molecule has 3 N–H and O–H groups in total. The zero-order valence-electron chi connectivity index (χ0n) is 11.8. The number of hydrogen-bond acceptors (Lipinski definition) is 3. The number of rotatable bonds is 4. The van der Waals surface area contributed by atoms with Gasteiger partial charge in [0.2, 0.25) is 5.91 Å². The summed E-state index contributed by atoms with van der Waals surface area (Å²) < 4.78 is 2.79. The minimum atomic E-state index is -0.0969. The average molecular weight is 372 g/mol. The lowest BCUT2D eigenvalue weighted by Gasteiger charge is -2.08. The van der Waals surface area contributed by atoms with Crippen molar-refractivity contribution < 1.29 is 4.79 Å². The van der Waals surface area contributed by atoms with Gasteiger partial charge in [0.15, 0.2) is 0 Å². The van der Waals surface area contributed by atoms with Crippen molar-refractivity contribution in [1.29, 1.82) is 0 Å². The van der Waals surface area contributed by atoms with E-state index in [0.29, 0.717) is 29.4 Å². The van der Waals surface area contributed by atoms with Crippen LogP contribution in [0.15, 0.2) is 22.7 Å². The molecule has 0 bridgehead atoms. The number of anilines is 2. The van der Waals surface area contributed by atoms with Crippen molar-refractivity contribution in [2.75, 3.05) is 11.1 Å². The monoisotopic (exact) mass is 370 g/mol. The quantitative estimate of drug-likeness (QED) is 0.808. The van der Waals surface area contributed by atoms with E-state index in [2.05, 4.69) is 26.3 Å². The molecule has 0 saturated heterocycles. The van der Waals surface area contributed by atoms with Gasteiger partial charge in [-0.1, -0.05) is 11.6 Å². The second kappa shape index (κ2) is 6.49. The molecule has 1 aromatic carbocycles. The Morgan fingerprint density at radius 1 is 1.48 bits per heavy atom. The van der Waals surface area contributed by atoms with Crippen molar-refractivity contribution in [1.82, 2.24) is 9.78 Å². The maximum atomic E-state index is 11.9. The molecule has 1 heterocycles. The van der Waals surface area contributed by atoms with Crippen molar-refractivity contribution in [3.05, 3.63) is 39.1 Å². The van der Waals surface area contributed by atoms with Crippen LogP contribution in [-0.4, -0.2) is 15.7 Å². The van der Waals surface area contributed by atoms with Crippen LogP contribution in [0.25, 0.3) is 0 Å². The molecule has 0 spiro atoms. The van der Waals surface area contributed by atoms with E-state index < -0.39 is 0 Å². The van der Waals surface area contributed by atoms with Crippen molar-refractivity contribution in [3.8, 4) is 0 Å². The van der Waals surface area contributed by atoms with Gasteiger partial charge in [-0.05, 0) is 48.0 Å². The molecular weight excluding hydrogens is 356 g/mol. The van der Waals surface area contributed by atoms with Crippen LogP contribution in [0.1, 0.15) is 17.8 Å². The fourth-order valence-corrected chi connectivity index (χ4v) is 2.35. The smallest absolute Gasteiger partial charge is 0.226 e. The third-order valence-electron chi connectivity index (χ3n) is 3.12. The summed E-state index contributed by atoms with van der Waals surface area (Å²) in [7, 11) is 0. The van der Waals surface area contributed by atoms with Gasteiger partial charge in [0.1, 0.15) is 0 Å². The van der Waals surface area contributed by atoms with Crippen LogP contribution in [0, 0.1) is 13.8 Å². The molecule has 2 rings (SSSR count). The number of aromatic nitrogens is 2. The molecule has 0 fully saturated rings. The number of aryl methyl sites for hydroxylation is 2. The normalized spacial score (nSPS) is 10.7. The van der Waals surface area contributed by atoms with Gasteiger partial charge in [0.05, 0.1) is 27.4 Å².